The Hall–Kier alpha value is -1.39. The number of fused-ring (bicyclic) bond motifs is 1. The summed E-state index contributed by atoms with van der Waals surface area (Å²) in [6, 6.07) is 8.44. The van der Waals surface area contributed by atoms with Crippen LogP contribution in [-0.4, -0.2) is 27.5 Å². The minimum Gasteiger partial charge on any atom is -0.393 e. The maximum atomic E-state index is 9.55. The first-order valence-electron chi connectivity index (χ1n) is 8.11. The number of aromatic nitrogens is 2. The normalized spacial score (nSPS) is 22.8. The first kappa shape index (κ1) is 14.5. The Kier molecular flexibility index (Phi) is 4.56. The molecule has 1 aliphatic rings. The molecule has 0 saturated heterocycles. The lowest BCUT2D eigenvalue weighted by atomic mass is 9.87. The van der Waals surface area contributed by atoms with E-state index in [1.54, 1.807) is 0 Å². The zero-order valence-electron chi connectivity index (χ0n) is 12.8. The van der Waals surface area contributed by atoms with Gasteiger partial charge in [0.1, 0.15) is 0 Å². The molecule has 114 valence electrons. The average molecular weight is 287 g/mol. The Balaban J connectivity index is 1.60. The van der Waals surface area contributed by atoms with Crippen molar-refractivity contribution in [2.75, 3.05) is 6.54 Å². The van der Waals surface area contributed by atoms with Crippen molar-refractivity contribution in [3.05, 3.63) is 30.0 Å². The molecule has 0 spiro atoms. The van der Waals surface area contributed by atoms with Crippen LogP contribution in [0.5, 0.6) is 0 Å². The number of aliphatic hydroxyl groups is 1. The van der Waals surface area contributed by atoms with Gasteiger partial charge in [-0.2, -0.15) is 5.10 Å². The van der Waals surface area contributed by atoms with Gasteiger partial charge in [-0.25, -0.2) is 0 Å². The van der Waals surface area contributed by atoms with E-state index in [2.05, 4.69) is 41.2 Å². The molecule has 1 aromatic heterocycles. The number of nitrogens with one attached hydrogen (secondary N) is 1. The van der Waals surface area contributed by atoms with Gasteiger partial charge >= 0.3 is 0 Å². The SMILES string of the molecule is CCn1nc(CNCC2CCC(O)CC2)c2ccccc21. The number of para-hydroxylation sites is 1. The Morgan fingerprint density at radius 3 is 2.76 bits per heavy atom. The molecule has 2 aromatic rings. The molecule has 1 saturated carbocycles. The third kappa shape index (κ3) is 3.27. The predicted octanol–water partition coefficient (Wildman–Crippen LogP) is 2.70. The van der Waals surface area contributed by atoms with Crippen LogP contribution in [0.1, 0.15) is 38.3 Å². The highest BCUT2D eigenvalue weighted by Crippen LogP contribution is 2.24. The van der Waals surface area contributed by atoms with Crippen molar-refractivity contribution in [3.8, 4) is 0 Å². The van der Waals surface area contributed by atoms with Crippen LogP contribution in [0.25, 0.3) is 10.9 Å². The van der Waals surface area contributed by atoms with Crippen LogP contribution in [0, 0.1) is 5.92 Å². The summed E-state index contributed by atoms with van der Waals surface area (Å²) in [4.78, 5) is 0. The monoisotopic (exact) mass is 287 g/mol. The Morgan fingerprint density at radius 1 is 1.24 bits per heavy atom. The summed E-state index contributed by atoms with van der Waals surface area (Å²) in [6.07, 6.45) is 4.13. The number of hydrogen-bond donors (Lipinski definition) is 2. The molecule has 0 radical (unpaired) electrons. The van der Waals surface area contributed by atoms with Crippen LogP contribution in [0.2, 0.25) is 0 Å². The van der Waals surface area contributed by atoms with Gasteiger partial charge in [0.05, 0.1) is 17.3 Å². The molecule has 2 N–H and O–H groups in total. The maximum Gasteiger partial charge on any atom is 0.0841 e. The molecule has 0 bridgehead atoms. The number of rotatable bonds is 5. The van der Waals surface area contributed by atoms with Crippen LogP contribution >= 0.6 is 0 Å². The van der Waals surface area contributed by atoms with Crippen molar-refractivity contribution in [1.29, 1.82) is 0 Å². The van der Waals surface area contributed by atoms with E-state index in [9.17, 15) is 5.11 Å². The van der Waals surface area contributed by atoms with E-state index in [1.165, 1.54) is 10.9 Å². The van der Waals surface area contributed by atoms with Crippen LogP contribution < -0.4 is 5.32 Å². The van der Waals surface area contributed by atoms with Crippen molar-refractivity contribution in [3.63, 3.8) is 0 Å². The van der Waals surface area contributed by atoms with Gasteiger partial charge in [-0.15, -0.1) is 0 Å². The molecule has 1 aromatic carbocycles. The Morgan fingerprint density at radius 2 is 2.00 bits per heavy atom. The van der Waals surface area contributed by atoms with Gasteiger partial charge in [-0.3, -0.25) is 4.68 Å². The summed E-state index contributed by atoms with van der Waals surface area (Å²) in [7, 11) is 0. The second-order valence-corrected chi connectivity index (χ2v) is 6.09. The van der Waals surface area contributed by atoms with Crippen molar-refractivity contribution < 1.29 is 5.11 Å². The maximum absolute atomic E-state index is 9.55. The van der Waals surface area contributed by atoms with Gasteiger partial charge in [0.25, 0.3) is 0 Å². The number of benzene rings is 1. The first-order valence-corrected chi connectivity index (χ1v) is 8.11. The van der Waals surface area contributed by atoms with E-state index in [-0.39, 0.29) is 6.10 Å². The summed E-state index contributed by atoms with van der Waals surface area (Å²) >= 11 is 0. The van der Waals surface area contributed by atoms with E-state index in [1.807, 2.05) is 0 Å². The summed E-state index contributed by atoms with van der Waals surface area (Å²) < 4.78 is 2.07. The molecule has 0 aliphatic heterocycles. The predicted molar refractivity (Wildman–Crippen MR) is 85.1 cm³/mol. The van der Waals surface area contributed by atoms with Crippen LogP contribution in [0.3, 0.4) is 0 Å². The molecular weight excluding hydrogens is 262 g/mol. The molecule has 0 unspecified atom stereocenters. The van der Waals surface area contributed by atoms with Gasteiger partial charge in [0.2, 0.25) is 0 Å². The first-order chi connectivity index (χ1) is 10.3. The zero-order valence-corrected chi connectivity index (χ0v) is 12.8. The fraction of sp³-hybridized carbons (Fsp3) is 0.588. The fourth-order valence-corrected chi connectivity index (χ4v) is 3.31. The van der Waals surface area contributed by atoms with Crippen molar-refractivity contribution in [2.24, 2.45) is 5.92 Å². The number of aryl methyl sites for hydroxylation is 1. The second-order valence-electron chi connectivity index (χ2n) is 6.09. The highest BCUT2D eigenvalue weighted by Gasteiger charge is 2.19. The molecule has 1 aliphatic carbocycles. The van der Waals surface area contributed by atoms with Gasteiger partial charge in [0.15, 0.2) is 0 Å². The fourth-order valence-electron chi connectivity index (χ4n) is 3.31. The lowest BCUT2D eigenvalue weighted by molar-refractivity contribution is 0.108. The molecule has 4 heteroatoms. The van der Waals surface area contributed by atoms with Crippen molar-refractivity contribution >= 4 is 10.9 Å². The summed E-state index contributed by atoms with van der Waals surface area (Å²) in [5.41, 5.74) is 2.36. The summed E-state index contributed by atoms with van der Waals surface area (Å²) in [5, 5.41) is 19.1. The molecule has 0 atom stereocenters. The van der Waals surface area contributed by atoms with E-state index in [0.29, 0.717) is 5.92 Å². The zero-order chi connectivity index (χ0) is 14.7. The second kappa shape index (κ2) is 6.58. The van der Waals surface area contributed by atoms with E-state index in [0.717, 1.165) is 51.0 Å². The van der Waals surface area contributed by atoms with E-state index >= 15 is 0 Å². The van der Waals surface area contributed by atoms with Gasteiger partial charge < -0.3 is 10.4 Å². The Bertz CT molecular complexity index is 585. The number of aliphatic hydroxyl groups excluding tert-OH is 1. The summed E-state index contributed by atoms with van der Waals surface area (Å²) in [5.74, 6) is 0.702. The highest BCUT2D eigenvalue weighted by atomic mass is 16.3. The lowest BCUT2D eigenvalue weighted by Gasteiger charge is -2.25. The standard InChI is InChI=1S/C17H25N3O/c1-2-20-17-6-4-3-5-15(17)16(19-20)12-18-11-13-7-9-14(21)10-8-13/h3-6,13-14,18,21H,2,7-12H2,1H3. The average Bonchev–Trinajstić information content (AvgIpc) is 2.88. The number of nitrogens with zero attached hydrogens (tertiary/aromatic N) is 2. The number of hydrogen-bond acceptors (Lipinski definition) is 3. The molecule has 0 amide bonds. The minimum absolute atomic E-state index is 0.0644. The van der Waals surface area contributed by atoms with Crippen LogP contribution in [-0.2, 0) is 13.1 Å². The third-order valence-corrected chi connectivity index (χ3v) is 4.58. The molecule has 4 nitrogen and oxygen atoms in total. The highest BCUT2D eigenvalue weighted by molar-refractivity contribution is 5.81. The van der Waals surface area contributed by atoms with Crippen LogP contribution in [0.4, 0.5) is 0 Å². The van der Waals surface area contributed by atoms with Gasteiger partial charge in [-0.05, 0) is 51.1 Å². The Labute approximate surface area is 126 Å². The molecule has 1 heterocycles. The molecule has 21 heavy (non-hydrogen) atoms. The molecule has 3 rings (SSSR count). The minimum atomic E-state index is -0.0644. The van der Waals surface area contributed by atoms with E-state index < -0.39 is 0 Å². The quantitative estimate of drug-likeness (QED) is 0.889. The summed E-state index contributed by atoms with van der Waals surface area (Å²) in [6.45, 7) is 4.89. The van der Waals surface area contributed by atoms with Gasteiger partial charge in [-0.1, -0.05) is 18.2 Å². The largest absolute Gasteiger partial charge is 0.393 e. The molecular formula is C17H25N3O. The van der Waals surface area contributed by atoms with Crippen molar-refractivity contribution in [1.82, 2.24) is 15.1 Å². The molecule has 1 fully saturated rings. The lowest BCUT2D eigenvalue weighted by Crippen LogP contribution is -2.27. The smallest absolute Gasteiger partial charge is 0.0841 e. The third-order valence-electron chi connectivity index (χ3n) is 4.58. The topological polar surface area (TPSA) is 50.1 Å². The van der Waals surface area contributed by atoms with Gasteiger partial charge in [0, 0.05) is 18.5 Å². The van der Waals surface area contributed by atoms with E-state index in [4.69, 9.17) is 5.10 Å². The van der Waals surface area contributed by atoms with Crippen LogP contribution in [0.15, 0.2) is 24.3 Å². The van der Waals surface area contributed by atoms with Crippen molar-refractivity contribution in [2.45, 2.75) is 51.8 Å².